The van der Waals surface area contributed by atoms with Crippen LogP contribution in [0.5, 0.6) is 0 Å². The van der Waals surface area contributed by atoms with E-state index in [1.807, 2.05) is 13.8 Å². The van der Waals surface area contributed by atoms with Gasteiger partial charge in [-0.3, -0.25) is 0 Å². The normalized spacial score (nSPS) is 32.3. The van der Waals surface area contributed by atoms with Crippen molar-refractivity contribution >= 4 is 0 Å². The molecule has 3 unspecified atom stereocenters. The molecule has 3 atom stereocenters. The summed E-state index contributed by atoms with van der Waals surface area (Å²) < 4.78 is 11.2. The minimum Gasteiger partial charge on any atom is -0.353 e. The number of allylic oxidation sites excluding steroid dienone is 1. The molecule has 0 N–H and O–H groups in total. The van der Waals surface area contributed by atoms with Crippen molar-refractivity contribution in [2.75, 3.05) is 13.2 Å². The van der Waals surface area contributed by atoms with E-state index in [0.717, 1.165) is 6.61 Å². The molecule has 0 aromatic heterocycles. The Hall–Kier alpha value is -0.340. The summed E-state index contributed by atoms with van der Waals surface area (Å²) >= 11 is 0. The Morgan fingerprint density at radius 1 is 1.44 bits per heavy atom. The monoisotopic (exact) mass is 226 g/mol. The van der Waals surface area contributed by atoms with E-state index in [2.05, 4.69) is 19.6 Å². The first kappa shape index (κ1) is 13.7. The second-order valence-corrected chi connectivity index (χ2v) is 5.08. The molecule has 0 saturated heterocycles. The number of hydrogen-bond donors (Lipinski definition) is 0. The molecule has 94 valence electrons. The van der Waals surface area contributed by atoms with Crippen LogP contribution in [0.4, 0.5) is 0 Å². The molecular formula is C14H26O2. The van der Waals surface area contributed by atoms with Crippen LogP contribution in [-0.2, 0) is 9.47 Å². The fourth-order valence-corrected chi connectivity index (χ4v) is 2.60. The Labute approximate surface area is 100 Å². The van der Waals surface area contributed by atoms with Gasteiger partial charge in [0, 0.05) is 6.61 Å². The highest BCUT2D eigenvalue weighted by molar-refractivity contribution is 4.95. The second kappa shape index (κ2) is 6.41. The van der Waals surface area contributed by atoms with Crippen LogP contribution in [0, 0.1) is 11.3 Å². The van der Waals surface area contributed by atoms with E-state index in [-0.39, 0.29) is 11.7 Å². The van der Waals surface area contributed by atoms with Crippen LogP contribution in [0.3, 0.4) is 0 Å². The second-order valence-electron chi connectivity index (χ2n) is 5.08. The van der Waals surface area contributed by atoms with Crippen molar-refractivity contribution in [3.8, 4) is 0 Å². The summed E-state index contributed by atoms with van der Waals surface area (Å²) in [5.74, 6) is 0.593. The van der Waals surface area contributed by atoms with Gasteiger partial charge in [-0.1, -0.05) is 25.8 Å². The van der Waals surface area contributed by atoms with Gasteiger partial charge >= 0.3 is 0 Å². The third kappa shape index (κ3) is 3.60. The molecule has 0 bridgehead atoms. The van der Waals surface area contributed by atoms with Gasteiger partial charge in [0.05, 0.1) is 6.61 Å². The number of ether oxygens (including phenoxy) is 2. The van der Waals surface area contributed by atoms with E-state index in [9.17, 15) is 0 Å². The maximum absolute atomic E-state index is 5.79. The summed E-state index contributed by atoms with van der Waals surface area (Å²) in [5.41, 5.74) is 0.255. The average molecular weight is 226 g/mol. The van der Waals surface area contributed by atoms with Gasteiger partial charge in [-0.05, 0) is 38.0 Å². The molecule has 0 spiro atoms. The lowest BCUT2D eigenvalue weighted by Gasteiger charge is -2.40. The standard InChI is InChI=1S/C14H26O2/c1-5-13-9-7-8-10-14(13,4)11-16-12(3)15-6-2/h5,12-13H,1,6-11H2,2-4H3. The molecule has 1 aliphatic carbocycles. The molecular weight excluding hydrogens is 200 g/mol. The molecule has 0 radical (unpaired) electrons. The van der Waals surface area contributed by atoms with E-state index in [0.29, 0.717) is 12.5 Å². The van der Waals surface area contributed by atoms with Crippen LogP contribution >= 0.6 is 0 Å². The van der Waals surface area contributed by atoms with Crippen LogP contribution in [0.25, 0.3) is 0 Å². The molecule has 2 heteroatoms. The van der Waals surface area contributed by atoms with Gasteiger partial charge in [-0.15, -0.1) is 6.58 Å². The maximum atomic E-state index is 5.79. The highest BCUT2D eigenvalue weighted by atomic mass is 16.7. The molecule has 16 heavy (non-hydrogen) atoms. The quantitative estimate of drug-likeness (QED) is 0.507. The fourth-order valence-electron chi connectivity index (χ4n) is 2.60. The number of hydrogen-bond acceptors (Lipinski definition) is 2. The predicted octanol–water partition coefficient (Wildman–Crippen LogP) is 3.77. The topological polar surface area (TPSA) is 18.5 Å². The predicted molar refractivity (Wildman–Crippen MR) is 67.3 cm³/mol. The van der Waals surface area contributed by atoms with Crippen LogP contribution in [0.1, 0.15) is 46.5 Å². The lowest BCUT2D eigenvalue weighted by Crippen LogP contribution is -2.35. The third-order valence-corrected chi connectivity index (χ3v) is 3.74. The van der Waals surface area contributed by atoms with Crippen LogP contribution in [0.2, 0.25) is 0 Å². The number of rotatable bonds is 6. The van der Waals surface area contributed by atoms with Crippen molar-refractivity contribution in [3.63, 3.8) is 0 Å². The van der Waals surface area contributed by atoms with E-state index in [4.69, 9.17) is 9.47 Å². The summed E-state index contributed by atoms with van der Waals surface area (Å²) in [6.45, 7) is 11.7. The van der Waals surface area contributed by atoms with Crippen molar-refractivity contribution in [2.45, 2.75) is 52.7 Å². The first-order valence-corrected chi connectivity index (χ1v) is 6.48. The van der Waals surface area contributed by atoms with Crippen molar-refractivity contribution in [2.24, 2.45) is 11.3 Å². The summed E-state index contributed by atoms with van der Waals surface area (Å²) in [6.07, 6.45) is 7.15. The molecule has 0 aliphatic heterocycles. The Morgan fingerprint density at radius 3 is 2.81 bits per heavy atom. The molecule has 1 fully saturated rings. The van der Waals surface area contributed by atoms with Gasteiger partial charge in [0.2, 0.25) is 0 Å². The molecule has 2 nitrogen and oxygen atoms in total. The molecule has 1 rings (SSSR count). The van der Waals surface area contributed by atoms with Gasteiger partial charge in [0.25, 0.3) is 0 Å². The molecule has 1 aliphatic rings. The minimum atomic E-state index is -0.0887. The summed E-state index contributed by atoms with van der Waals surface area (Å²) in [4.78, 5) is 0. The first-order chi connectivity index (χ1) is 7.62. The van der Waals surface area contributed by atoms with Crippen LogP contribution in [0.15, 0.2) is 12.7 Å². The van der Waals surface area contributed by atoms with Gasteiger partial charge < -0.3 is 9.47 Å². The van der Waals surface area contributed by atoms with Gasteiger partial charge in [-0.2, -0.15) is 0 Å². The maximum Gasteiger partial charge on any atom is 0.154 e. The molecule has 0 aromatic rings. The average Bonchev–Trinajstić information content (AvgIpc) is 2.28. The Balaban J connectivity index is 2.44. The summed E-state index contributed by atoms with van der Waals surface area (Å²) in [5, 5.41) is 0. The molecule has 0 heterocycles. The van der Waals surface area contributed by atoms with E-state index < -0.39 is 0 Å². The molecule has 1 saturated carbocycles. The zero-order chi connectivity index (χ0) is 12.0. The minimum absolute atomic E-state index is 0.0887. The van der Waals surface area contributed by atoms with E-state index in [1.54, 1.807) is 0 Å². The van der Waals surface area contributed by atoms with Crippen molar-refractivity contribution in [1.82, 2.24) is 0 Å². The Bertz CT molecular complexity index is 215. The zero-order valence-corrected chi connectivity index (χ0v) is 11.0. The summed E-state index contributed by atoms with van der Waals surface area (Å²) in [6, 6.07) is 0. The summed E-state index contributed by atoms with van der Waals surface area (Å²) in [7, 11) is 0. The lowest BCUT2D eigenvalue weighted by molar-refractivity contribution is -0.154. The zero-order valence-electron chi connectivity index (χ0n) is 11.0. The van der Waals surface area contributed by atoms with Crippen LogP contribution in [-0.4, -0.2) is 19.5 Å². The van der Waals surface area contributed by atoms with Crippen molar-refractivity contribution in [1.29, 1.82) is 0 Å². The van der Waals surface area contributed by atoms with Gasteiger partial charge in [0.1, 0.15) is 0 Å². The van der Waals surface area contributed by atoms with Crippen molar-refractivity contribution < 1.29 is 9.47 Å². The highest BCUT2D eigenvalue weighted by Crippen LogP contribution is 2.41. The first-order valence-electron chi connectivity index (χ1n) is 6.48. The van der Waals surface area contributed by atoms with E-state index >= 15 is 0 Å². The Morgan fingerprint density at radius 2 is 2.19 bits per heavy atom. The van der Waals surface area contributed by atoms with Crippen LogP contribution < -0.4 is 0 Å². The van der Waals surface area contributed by atoms with Gasteiger partial charge in [0.15, 0.2) is 6.29 Å². The highest BCUT2D eigenvalue weighted by Gasteiger charge is 2.35. The van der Waals surface area contributed by atoms with E-state index in [1.165, 1.54) is 25.7 Å². The lowest BCUT2D eigenvalue weighted by atomic mass is 9.68. The third-order valence-electron chi connectivity index (χ3n) is 3.74. The Kier molecular flexibility index (Phi) is 5.50. The smallest absolute Gasteiger partial charge is 0.154 e. The molecule has 0 amide bonds. The largest absolute Gasteiger partial charge is 0.353 e. The SMILES string of the molecule is C=CC1CCCCC1(C)COC(C)OCC. The van der Waals surface area contributed by atoms with Crippen molar-refractivity contribution in [3.05, 3.63) is 12.7 Å². The van der Waals surface area contributed by atoms with Gasteiger partial charge in [-0.25, -0.2) is 0 Å². The molecule has 0 aromatic carbocycles. The fraction of sp³-hybridized carbons (Fsp3) is 0.857.